The van der Waals surface area contributed by atoms with Crippen molar-refractivity contribution in [3.63, 3.8) is 0 Å². The van der Waals surface area contributed by atoms with E-state index < -0.39 is 171 Å². The zero-order chi connectivity index (χ0) is 59.2. The molecule has 0 bridgehead atoms. The smallest absolute Gasteiger partial charge is 0.329 e. The molecule has 10 N–H and O–H groups in total. The van der Waals surface area contributed by atoms with Gasteiger partial charge in [0.2, 0.25) is 41.4 Å². The molecule has 0 aromatic heterocycles. The monoisotopic (exact) mass is 1110 g/mol. The Balaban J connectivity index is 5.47. The van der Waals surface area contributed by atoms with Gasteiger partial charge in [0.15, 0.2) is 0 Å². The molecule has 0 aromatic carbocycles. The molecule has 440 valence electrons. The van der Waals surface area contributed by atoms with Crippen LogP contribution in [0.1, 0.15) is 161 Å². The number of carbonyl (C=O) groups is 13. The minimum atomic E-state index is -1.66. The van der Waals surface area contributed by atoms with Crippen LogP contribution < -0.4 is 27.0 Å². The SMILES string of the molecule is C=CCOC(=O)C(CCC(N)=O)NC(=O)CCC(NC(=O)CCC(C(=O)O)N(C)C(=O)CCC(C(=O)OCC=C)N(C)C(=O)CCC(NC(=O)CCC(NC(=O)CCCCCCCCCCCCC)C(=O)O)C(=O)O)C(=O)O. The largest absolute Gasteiger partial charge is 0.480 e. The molecule has 0 spiro atoms. The molecule has 26 heteroatoms. The van der Waals surface area contributed by atoms with E-state index in [1.807, 2.05) is 0 Å². The lowest BCUT2D eigenvalue weighted by atomic mass is 10.0. The van der Waals surface area contributed by atoms with E-state index >= 15 is 0 Å². The number of esters is 2. The van der Waals surface area contributed by atoms with Crippen molar-refractivity contribution in [1.29, 1.82) is 0 Å². The number of unbranched alkanes of at least 4 members (excludes halogenated alkanes) is 10. The normalized spacial score (nSPS) is 13.1. The third kappa shape index (κ3) is 31.6. The van der Waals surface area contributed by atoms with Crippen molar-refractivity contribution in [3.05, 3.63) is 25.3 Å². The van der Waals surface area contributed by atoms with Gasteiger partial charge >= 0.3 is 35.8 Å². The molecule has 0 rings (SSSR count). The first-order valence-corrected chi connectivity index (χ1v) is 26.3. The average Bonchev–Trinajstić information content (AvgIpc) is 3.38. The molecule has 0 aliphatic rings. The number of carboxylic acid groups (broad SMARTS) is 4. The van der Waals surface area contributed by atoms with Gasteiger partial charge in [-0.3, -0.25) is 33.6 Å². The summed E-state index contributed by atoms with van der Waals surface area (Å²) < 4.78 is 10.0. The Bertz CT molecular complexity index is 2030. The Hall–Kier alpha value is -7.41. The second-order valence-corrected chi connectivity index (χ2v) is 18.7. The van der Waals surface area contributed by atoms with Gasteiger partial charge in [-0.2, -0.15) is 0 Å². The van der Waals surface area contributed by atoms with Crippen LogP contribution >= 0.6 is 0 Å². The van der Waals surface area contributed by atoms with Crippen molar-refractivity contribution < 1.29 is 92.2 Å². The summed E-state index contributed by atoms with van der Waals surface area (Å²) in [5.74, 6) is -13.6. The number of nitrogens with one attached hydrogen (secondary N) is 4. The van der Waals surface area contributed by atoms with E-state index in [9.17, 15) is 82.8 Å². The third-order valence-corrected chi connectivity index (χ3v) is 12.4. The topological polar surface area (TPSA) is 402 Å². The predicted octanol–water partition coefficient (Wildman–Crippen LogP) is 2.24. The maximum Gasteiger partial charge on any atom is 0.329 e. The maximum absolute atomic E-state index is 13.4. The van der Waals surface area contributed by atoms with Crippen LogP contribution in [0.4, 0.5) is 0 Å². The van der Waals surface area contributed by atoms with Gasteiger partial charge in [-0.05, 0) is 44.9 Å². The van der Waals surface area contributed by atoms with Crippen molar-refractivity contribution in [2.24, 2.45) is 5.73 Å². The summed E-state index contributed by atoms with van der Waals surface area (Å²) in [6.45, 7) is 8.52. The fraction of sp³-hybridized carbons (Fsp3) is 0.673. The highest BCUT2D eigenvalue weighted by molar-refractivity contribution is 5.90. The van der Waals surface area contributed by atoms with Crippen LogP contribution in [0.2, 0.25) is 0 Å². The Morgan fingerprint density at radius 2 is 0.769 bits per heavy atom. The summed E-state index contributed by atoms with van der Waals surface area (Å²) >= 11 is 0. The summed E-state index contributed by atoms with van der Waals surface area (Å²) in [5.41, 5.74) is 5.14. The van der Waals surface area contributed by atoms with Crippen LogP contribution in [0.15, 0.2) is 25.3 Å². The van der Waals surface area contributed by atoms with Gasteiger partial charge in [0.25, 0.3) is 0 Å². The van der Waals surface area contributed by atoms with Crippen molar-refractivity contribution in [3.8, 4) is 0 Å². The van der Waals surface area contributed by atoms with Crippen LogP contribution in [0.3, 0.4) is 0 Å². The third-order valence-electron chi connectivity index (χ3n) is 12.4. The summed E-state index contributed by atoms with van der Waals surface area (Å²) in [6.07, 6.45) is 8.81. The summed E-state index contributed by atoms with van der Waals surface area (Å²) in [6, 6.07) is -9.18. The van der Waals surface area contributed by atoms with Gasteiger partial charge < -0.3 is 66.7 Å². The van der Waals surface area contributed by atoms with E-state index in [4.69, 9.17) is 15.2 Å². The molecule has 0 saturated carbocycles. The van der Waals surface area contributed by atoms with Crippen LogP contribution in [0.5, 0.6) is 0 Å². The van der Waals surface area contributed by atoms with Crippen molar-refractivity contribution in [2.75, 3.05) is 27.3 Å². The van der Waals surface area contributed by atoms with Crippen LogP contribution in [0, 0.1) is 0 Å². The van der Waals surface area contributed by atoms with E-state index in [-0.39, 0.29) is 38.9 Å². The van der Waals surface area contributed by atoms with Crippen LogP contribution in [-0.4, -0.2) is 171 Å². The molecular formula is C52H83N7O19. The Morgan fingerprint density at radius 3 is 1.18 bits per heavy atom. The first kappa shape index (κ1) is 70.6. The van der Waals surface area contributed by atoms with Gasteiger partial charge in [-0.25, -0.2) is 28.8 Å². The first-order chi connectivity index (χ1) is 36.9. The second kappa shape index (κ2) is 40.8. The lowest BCUT2D eigenvalue weighted by Gasteiger charge is -2.29. The summed E-state index contributed by atoms with van der Waals surface area (Å²) in [7, 11) is 2.27. The minimum absolute atomic E-state index is 0.102. The molecule has 0 aliphatic heterocycles. The number of primary amides is 1. The molecule has 0 saturated heterocycles. The zero-order valence-corrected chi connectivity index (χ0v) is 45.3. The zero-order valence-electron chi connectivity index (χ0n) is 45.3. The molecule has 0 radical (unpaired) electrons. The highest BCUT2D eigenvalue weighted by Crippen LogP contribution is 2.17. The van der Waals surface area contributed by atoms with E-state index in [1.54, 1.807) is 0 Å². The van der Waals surface area contributed by atoms with E-state index in [1.165, 1.54) is 57.7 Å². The van der Waals surface area contributed by atoms with Crippen LogP contribution in [-0.2, 0) is 71.8 Å². The van der Waals surface area contributed by atoms with E-state index in [0.717, 1.165) is 42.5 Å². The standard InChI is InChI=1S/C52H83N7O19/c1-6-9-10-11-12-13-14-15-16-17-18-19-41(61)54-34(47(67)68)21-27-42(62)56-36(49(71)72)23-30-45(65)59(5)39(52(76)78-33-8-3)25-31-46(66)58(4)38(50(73)74)24-29-44(64)55-35(48(69)70)22-28-43(63)57-37(20-26-40(53)60)51(75)77-32-7-2/h7-8,34-39H,2-3,6,9-33H2,1,4-5H3,(H2,53,60)(H,54,61)(H,55,64)(H,56,62)(H,57,63)(H,67,68)(H,69,70)(H,71,72)(H,73,74). The number of hydrogen-bond acceptors (Lipinski definition) is 15. The average molecular weight is 1110 g/mol. The van der Waals surface area contributed by atoms with Crippen molar-refractivity contribution in [2.45, 2.75) is 197 Å². The molecule has 0 heterocycles. The Labute approximate surface area is 455 Å². The number of carboxylic acids is 4. The Morgan fingerprint density at radius 1 is 0.436 bits per heavy atom. The lowest BCUT2D eigenvalue weighted by Crippen LogP contribution is -2.47. The first-order valence-electron chi connectivity index (χ1n) is 26.3. The van der Waals surface area contributed by atoms with Gasteiger partial charge in [-0.1, -0.05) is 96.4 Å². The number of amides is 7. The van der Waals surface area contributed by atoms with Crippen molar-refractivity contribution >= 4 is 77.2 Å². The van der Waals surface area contributed by atoms with Gasteiger partial charge in [0, 0.05) is 59.0 Å². The molecule has 0 aliphatic carbocycles. The second-order valence-electron chi connectivity index (χ2n) is 18.7. The molecule has 26 nitrogen and oxygen atoms in total. The number of carbonyl (C=O) groups excluding carboxylic acids is 9. The maximum atomic E-state index is 13.4. The number of nitrogens with two attached hydrogens (primary N) is 1. The van der Waals surface area contributed by atoms with E-state index in [2.05, 4.69) is 41.3 Å². The number of hydrogen-bond donors (Lipinski definition) is 9. The number of rotatable bonds is 46. The lowest BCUT2D eigenvalue weighted by molar-refractivity contribution is -0.155. The number of nitrogens with zero attached hydrogens (tertiary/aromatic N) is 2. The predicted molar refractivity (Wildman–Crippen MR) is 279 cm³/mol. The fourth-order valence-corrected chi connectivity index (χ4v) is 7.80. The number of ether oxygens (including phenoxy) is 2. The highest BCUT2D eigenvalue weighted by atomic mass is 16.5. The quantitative estimate of drug-likeness (QED) is 0.0240. The van der Waals surface area contributed by atoms with Gasteiger partial charge in [0.05, 0.1) is 0 Å². The molecule has 7 amide bonds. The molecule has 78 heavy (non-hydrogen) atoms. The molecule has 0 aromatic rings. The van der Waals surface area contributed by atoms with Gasteiger partial charge in [-0.15, -0.1) is 0 Å². The molecule has 6 unspecified atom stereocenters. The van der Waals surface area contributed by atoms with Crippen molar-refractivity contribution in [1.82, 2.24) is 31.1 Å². The number of likely N-dealkylation sites (N-methyl/N-ethyl adjacent to an activating group) is 2. The van der Waals surface area contributed by atoms with Crippen LogP contribution in [0.25, 0.3) is 0 Å². The molecular weight excluding hydrogens is 1030 g/mol. The van der Waals surface area contributed by atoms with E-state index in [0.29, 0.717) is 6.42 Å². The summed E-state index contributed by atoms with van der Waals surface area (Å²) in [5, 5.41) is 48.4. The highest BCUT2D eigenvalue weighted by Gasteiger charge is 2.34. The fourth-order valence-electron chi connectivity index (χ4n) is 7.80. The number of aliphatic carboxylic acids is 4. The molecule has 6 atom stereocenters. The molecule has 0 fully saturated rings. The minimum Gasteiger partial charge on any atom is -0.480 e. The van der Waals surface area contributed by atoms with Gasteiger partial charge in [0.1, 0.15) is 49.5 Å². The summed E-state index contributed by atoms with van der Waals surface area (Å²) in [4.78, 5) is 164. The Kier molecular flexibility index (Phi) is 36.9.